The number of amides is 1. The van der Waals surface area contributed by atoms with E-state index in [1.54, 1.807) is 14.2 Å². The zero-order valence-corrected chi connectivity index (χ0v) is 13.0. The van der Waals surface area contributed by atoms with Crippen LogP contribution >= 0.6 is 0 Å². The first-order valence-electron chi connectivity index (χ1n) is 7.56. The number of aliphatic hydroxyl groups excluding tert-OH is 1. The van der Waals surface area contributed by atoms with E-state index in [4.69, 9.17) is 9.47 Å². The molecule has 2 N–H and O–H groups in total. The molecule has 0 radical (unpaired) electrons. The van der Waals surface area contributed by atoms with Gasteiger partial charge < -0.3 is 24.8 Å². The minimum absolute atomic E-state index is 0.0667. The number of carbonyl (C=O) groups is 1. The molecule has 1 saturated heterocycles. The fourth-order valence-corrected chi connectivity index (χ4v) is 3.20. The number of fused-ring (bicyclic) bond motifs is 1. The van der Waals surface area contributed by atoms with Crippen LogP contribution in [0.4, 0.5) is 0 Å². The lowest BCUT2D eigenvalue weighted by molar-refractivity contribution is -0.134. The number of rotatable bonds is 3. The number of nitrogens with one attached hydrogen (secondary N) is 1. The highest BCUT2D eigenvalue weighted by Crippen LogP contribution is 2.33. The maximum atomic E-state index is 12.5. The summed E-state index contributed by atoms with van der Waals surface area (Å²) in [7, 11) is 3.24. The van der Waals surface area contributed by atoms with Crippen molar-refractivity contribution in [3.05, 3.63) is 23.3 Å². The number of methoxy groups -OCH3 is 2. The van der Waals surface area contributed by atoms with Crippen molar-refractivity contribution in [3.63, 3.8) is 0 Å². The number of nitrogens with zero attached hydrogens (tertiary/aromatic N) is 1. The summed E-state index contributed by atoms with van der Waals surface area (Å²) in [5, 5.41) is 12.6. The standard InChI is InChI=1S/C16H22N2O4/c1-21-14-5-10-3-4-18(9-11(10)6-15(14)22-2)16(20)13-7-12(19)8-17-13/h5-6,12-13,17,19H,3-4,7-9H2,1-2H3/t12-,13-/m1/s1. The van der Waals surface area contributed by atoms with Gasteiger partial charge in [0.05, 0.1) is 26.4 Å². The molecule has 1 aromatic carbocycles. The van der Waals surface area contributed by atoms with Crippen molar-refractivity contribution in [1.29, 1.82) is 0 Å². The SMILES string of the molecule is COc1cc2c(cc1OC)CN(C(=O)[C@H]1C[C@@H](O)CN1)CC2. The van der Waals surface area contributed by atoms with Gasteiger partial charge in [0.2, 0.25) is 5.91 Å². The highest BCUT2D eigenvalue weighted by atomic mass is 16.5. The van der Waals surface area contributed by atoms with Crippen molar-refractivity contribution in [2.24, 2.45) is 0 Å². The van der Waals surface area contributed by atoms with Gasteiger partial charge in [-0.05, 0) is 36.1 Å². The first-order chi connectivity index (χ1) is 10.6. The molecule has 22 heavy (non-hydrogen) atoms. The minimum atomic E-state index is -0.421. The average Bonchev–Trinajstić information content (AvgIpc) is 2.98. The molecule has 2 aliphatic heterocycles. The van der Waals surface area contributed by atoms with Crippen LogP contribution in [0.3, 0.4) is 0 Å². The zero-order chi connectivity index (χ0) is 15.7. The van der Waals surface area contributed by atoms with Crippen LogP contribution in [0.25, 0.3) is 0 Å². The van der Waals surface area contributed by atoms with Gasteiger partial charge in [-0.1, -0.05) is 0 Å². The Bertz CT molecular complexity index is 576. The lowest BCUT2D eigenvalue weighted by atomic mass is 9.98. The molecule has 2 heterocycles. The normalized spacial score (nSPS) is 24.0. The monoisotopic (exact) mass is 306 g/mol. The summed E-state index contributed by atoms with van der Waals surface area (Å²) < 4.78 is 10.7. The molecule has 0 bridgehead atoms. The van der Waals surface area contributed by atoms with E-state index >= 15 is 0 Å². The van der Waals surface area contributed by atoms with Crippen molar-refractivity contribution >= 4 is 5.91 Å². The summed E-state index contributed by atoms with van der Waals surface area (Å²) in [6.07, 6.45) is 0.876. The molecule has 6 nitrogen and oxygen atoms in total. The van der Waals surface area contributed by atoms with Crippen LogP contribution in [-0.4, -0.2) is 55.4 Å². The van der Waals surface area contributed by atoms with Crippen LogP contribution in [0.2, 0.25) is 0 Å². The Balaban J connectivity index is 1.77. The van der Waals surface area contributed by atoms with Gasteiger partial charge in [0.15, 0.2) is 11.5 Å². The van der Waals surface area contributed by atoms with Crippen LogP contribution in [0.1, 0.15) is 17.5 Å². The highest BCUT2D eigenvalue weighted by Gasteiger charge is 2.33. The third-order valence-electron chi connectivity index (χ3n) is 4.44. The topological polar surface area (TPSA) is 71.0 Å². The van der Waals surface area contributed by atoms with Crippen LogP contribution < -0.4 is 14.8 Å². The molecule has 0 saturated carbocycles. The summed E-state index contributed by atoms with van der Waals surface area (Å²) in [5.74, 6) is 1.48. The molecule has 0 spiro atoms. The Kier molecular flexibility index (Phi) is 4.22. The van der Waals surface area contributed by atoms with E-state index in [0.29, 0.717) is 31.8 Å². The second-order valence-corrected chi connectivity index (χ2v) is 5.84. The second-order valence-electron chi connectivity index (χ2n) is 5.84. The van der Waals surface area contributed by atoms with Gasteiger partial charge in [-0.3, -0.25) is 4.79 Å². The fourth-order valence-electron chi connectivity index (χ4n) is 3.20. The van der Waals surface area contributed by atoms with Gasteiger partial charge >= 0.3 is 0 Å². The highest BCUT2D eigenvalue weighted by molar-refractivity contribution is 5.82. The van der Waals surface area contributed by atoms with Crippen molar-refractivity contribution in [2.75, 3.05) is 27.3 Å². The van der Waals surface area contributed by atoms with E-state index < -0.39 is 6.10 Å². The molecule has 3 rings (SSSR count). The summed E-state index contributed by atoms with van der Waals surface area (Å²) in [4.78, 5) is 14.4. The molecule has 0 aromatic heterocycles. The third-order valence-corrected chi connectivity index (χ3v) is 4.44. The van der Waals surface area contributed by atoms with Crippen LogP contribution in [0, 0.1) is 0 Å². The Morgan fingerprint density at radius 2 is 1.95 bits per heavy atom. The van der Waals surface area contributed by atoms with Gasteiger partial charge in [-0.2, -0.15) is 0 Å². The molecule has 1 aromatic rings. The van der Waals surface area contributed by atoms with Gasteiger partial charge in [-0.15, -0.1) is 0 Å². The Morgan fingerprint density at radius 3 is 2.55 bits per heavy atom. The number of hydrogen-bond acceptors (Lipinski definition) is 5. The van der Waals surface area contributed by atoms with E-state index in [0.717, 1.165) is 17.7 Å². The summed E-state index contributed by atoms with van der Waals surface area (Å²) in [6.45, 7) is 1.75. The first kappa shape index (κ1) is 15.1. The predicted molar refractivity (Wildman–Crippen MR) is 81.1 cm³/mol. The predicted octanol–water partition coefficient (Wildman–Crippen LogP) is 0.311. The number of ether oxygens (including phenoxy) is 2. The zero-order valence-electron chi connectivity index (χ0n) is 13.0. The van der Waals surface area contributed by atoms with Crippen molar-refractivity contribution in [1.82, 2.24) is 10.2 Å². The van der Waals surface area contributed by atoms with E-state index in [2.05, 4.69) is 5.32 Å². The molecule has 120 valence electrons. The summed E-state index contributed by atoms with van der Waals surface area (Å²) in [6, 6.07) is 3.68. The molecule has 2 atom stereocenters. The van der Waals surface area contributed by atoms with Crippen LogP contribution in [0.5, 0.6) is 11.5 Å². The minimum Gasteiger partial charge on any atom is -0.493 e. The maximum absolute atomic E-state index is 12.5. The van der Waals surface area contributed by atoms with E-state index in [-0.39, 0.29) is 11.9 Å². The van der Waals surface area contributed by atoms with E-state index in [1.165, 1.54) is 5.56 Å². The molecule has 1 amide bonds. The Labute approximate surface area is 130 Å². The fraction of sp³-hybridized carbons (Fsp3) is 0.562. The quantitative estimate of drug-likeness (QED) is 0.841. The lowest BCUT2D eigenvalue weighted by Gasteiger charge is -2.31. The van der Waals surface area contributed by atoms with Gasteiger partial charge in [0, 0.05) is 19.6 Å². The summed E-state index contributed by atoms with van der Waals surface area (Å²) >= 11 is 0. The molecule has 1 fully saturated rings. The maximum Gasteiger partial charge on any atom is 0.240 e. The molecule has 0 unspecified atom stereocenters. The number of hydrogen-bond donors (Lipinski definition) is 2. The molecular formula is C16H22N2O4. The molecule has 2 aliphatic rings. The third kappa shape index (κ3) is 2.76. The van der Waals surface area contributed by atoms with Gasteiger partial charge in [0.1, 0.15) is 0 Å². The largest absolute Gasteiger partial charge is 0.493 e. The van der Waals surface area contributed by atoms with Crippen molar-refractivity contribution in [2.45, 2.75) is 31.5 Å². The number of carbonyl (C=O) groups excluding carboxylic acids is 1. The Hall–Kier alpha value is -1.79. The lowest BCUT2D eigenvalue weighted by Crippen LogP contribution is -2.45. The first-order valence-corrected chi connectivity index (χ1v) is 7.56. The molecular weight excluding hydrogens is 284 g/mol. The van der Waals surface area contributed by atoms with Crippen molar-refractivity contribution < 1.29 is 19.4 Å². The summed E-state index contributed by atoms with van der Waals surface area (Å²) in [5.41, 5.74) is 2.29. The number of β-amino-alcohol motifs (C(OH)–C–C–N with tert-alkyl or cyclic N) is 1. The average molecular weight is 306 g/mol. The van der Waals surface area contributed by atoms with E-state index in [9.17, 15) is 9.90 Å². The molecule has 0 aliphatic carbocycles. The van der Waals surface area contributed by atoms with Crippen molar-refractivity contribution in [3.8, 4) is 11.5 Å². The van der Waals surface area contributed by atoms with E-state index in [1.807, 2.05) is 17.0 Å². The van der Waals surface area contributed by atoms with Gasteiger partial charge in [-0.25, -0.2) is 0 Å². The molecule has 6 heteroatoms. The van der Waals surface area contributed by atoms with Crippen LogP contribution in [-0.2, 0) is 17.8 Å². The smallest absolute Gasteiger partial charge is 0.240 e. The Morgan fingerprint density at radius 1 is 1.27 bits per heavy atom. The number of benzene rings is 1. The number of aliphatic hydroxyl groups is 1. The van der Waals surface area contributed by atoms with Crippen LogP contribution in [0.15, 0.2) is 12.1 Å². The van der Waals surface area contributed by atoms with Gasteiger partial charge in [0.25, 0.3) is 0 Å². The second kappa shape index (κ2) is 6.14.